The smallest absolute Gasteiger partial charge is 0.0960 e. The van der Waals surface area contributed by atoms with E-state index in [2.05, 4.69) is 0 Å². The minimum atomic E-state index is 0.232. The first kappa shape index (κ1) is 8.78. The van der Waals surface area contributed by atoms with Crippen LogP contribution < -0.4 is 5.73 Å². The topological polar surface area (TPSA) is 48.4 Å². The number of hydrogen-bond donors (Lipinski definition) is 1. The summed E-state index contributed by atoms with van der Waals surface area (Å²) in [5.41, 5.74) is 6.63. The molecule has 0 amide bonds. The second-order valence-electron chi connectivity index (χ2n) is 3.46. The van der Waals surface area contributed by atoms with Gasteiger partial charge in [-0.1, -0.05) is 0 Å². The first-order chi connectivity index (χ1) is 6.40. The second kappa shape index (κ2) is 3.94. The Morgan fingerprint density at radius 3 is 3.08 bits per heavy atom. The van der Waals surface area contributed by atoms with Gasteiger partial charge in [-0.25, -0.2) is 0 Å². The van der Waals surface area contributed by atoms with Crippen LogP contribution in [0.3, 0.4) is 0 Å². The Bertz CT molecular complexity index is 245. The Labute approximate surface area is 77.9 Å². The van der Waals surface area contributed by atoms with E-state index in [0.717, 1.165) is 24.8 Å². The lowest BCUT2D eigenvalue weighted by molar-refractivity contribution is 0.0411. The summed E-state index contributed by atoms with van der Waals surface area (Å²) >= 11 is 0. The van der Waals surface area contributed by atoms with E-state index in [1.54, 1.807) is 12.5 Å². The van der Waals surface area contributed by atoms with Crippen LogP contribution in [0.15, 0.2) is 23.0 Å². The minimum Gasteiger partial charge on any atom is -0.472 e. The van der Waals surface area contributed by atoms with Crippen molar-refractivity contribution in [2.45, 2.75) is 31.5 Å². The molecule has 2 atom stereocenters. The molecule has 1 aromatic rings. The fraction of sp³-hybridized carbons (Fsp3) is 0.600. The van der Waals surface area contributed by atoms with E-state index >= 15 is 0 Å². The molecule has 1 aromatic heterocycles. The molecule has 3 heteroatoms. The maximum Gasteiger partial charge on any atom is 0.0960 e. The van der Waals surface area contributed by atoms with Crippen LogP contribution >= 0.6 is 0 Å². The molecule has 1 saturated heterocycles. The number of ether oxygens (including phenoxy) is 1. The summed E-state index contributed by atoms with van der Waals surface area (Å²) in [6.45, 7) is 0.711. The van der Waals surface area contributed by atoms with Crippen LogP contribution in [0.1, 0.15) is 30.9 Å². The summed E-state index contributed by atoms with van der Waals surface area (Å²) in [7, 11) is 0. The predicted molar refractivity (Wildman–Crippen MR) is 49.2 cm³/mol. The summed E-state index contributed by atoms with van der Waals surface area (Å²) in [6.07, 6.45) is 7.20. The average Bonchev–Trinajstić information content (AvgIpc) is 2.70. The minimum absolute atomic E-state index is 0.232. The van der Waals surface area contributed by atoms with Crippen LogP contribution in [0.2, 0.25) is 0 Å². The van der Waals surface area contributed by atoms with Crippen molar-refractivity contribution in [1.82, 2.24) is 0 Å². The van der Waals surface area contributed by atoms with Crippen molar-refractivity contribution in [2.75, 3.05) is 6.54 Å². The third-order valence-electron chi connectivity index (χ3n) is 2.51. The van der Waals surface area contributed by atoms with Crippen molar-refractivity contribution in [3.8, 4) is 0 Å². The van der Waals surface area contributed by atoms with Gasteiger partial charge in [0.15, 0.2) is 0 Å². The normalized spacial score (nSPS) is 28.1. The maximum absolute atomic E-state index is 5.81. The van der Waals surface area contributed by atoms with Gasteiger partial charge in [0.2, 0.25) is 0 Å². The molecule has 2 rings (SSSR count). The maximum atomic E-state index is 5.81. The van der Waals surface area contributed by atoms with Crippen molar-refractivity contribution in [1.29, 1.82) is 0 Å². The van der Waals surface area contributed by atoms with Crippen molar-refractivity contribution in [3.05, 3.63) is 24.2 Å². The SMILES string of the molecule is NCCC1CCC(c2ccoc2)O1. The molecule has 1 fully saturated rings. The lowest BCUT2D eigenvalue weighted by Gasteiger charge is -2.10. The van der Waals surface area contributed by atoms with E-state index in [-0.39, 0.29) is 6.10 Å². The lowest BCUT2D eigenvalue weighted by Crippen LogP contribution is -2.12. The van der Waals surface area contributed by atoms with Gasteiger partial charge in [0.25, 0.3) is 0 Å². The number of furan rings is 1. The monoisotopic (exact) mass is 181 g/mol. The van der Waals surface area contributed by atoms with Gasteiger partial charge < -0.3 is 14.9 Å². The highest BCUT2D eigenvalue weighted by Gasteiger charge is 2.26. The highest BCUT2D eigenvalue weighted by atomic mass is 16.5. The summed E-state index contributed by atoms with van der Waals surface area (Å²) in [5, 5.41) is 0. The molecule has 13 heavy (non-hydrogen) atoms. The standard InChI is InChI=1S/C10H15NO2/c11-5-3-9-1-2-10(13-9)8-4-6-12-7-8/h4,6-7,9-10H,1-3,5,11H2. The van der Waals surface area contributed by atoms with Crippen LogP contribution in [0.25, 0.3) is 0 Å². The van der Waals surface area contributed by atoms with Crippen LogP contribution in [0.5, 0.6) is 0 Å². The Morgan fingerprint density at radius 2 is 2.38 bits per heavy atom. The molecule has 2 heterocycles. The summed E-state index contributed by atoms with van der Waals surface area (Å²) in [5.74, 6) is 0. The van der Waals surface area contributed by atoms with Gasteiger partial charge in [0.1, 0.15) is 0 Å². The number of hydrogen-bond acceptors (Lipinski definition) is 3. The fourth-order valence-corrected chi connectivity index (χ4v) is 1.81. The highest BCUT2D eigenvalue weighted by molar-refractivity contribution is 5.10. The molecular weight excluding hydrogens is 166 g/mol. The summed E-state index contributed by atoms with van der Waals surface area (Å²) < 4.78 is 10.8. The molecule has 0 saturated carbocycles. The molecule has 72 valence electrons. The molecular formula is C10H15NO2. The first-order valence-electron chi connectivity index (χ1n) is 4.78. The van der Waals surface area contributed by atoms with E-state index in [1.807, 2.05) is 6.07 Å². The van der Waals surface area contributed by atoms with E-state index in [0.29, 0.717) is 12.6 Å². The van der Waals surface area contributed by atoms with Crippen LogP contribution in [0.4, 0.5) is 0 Å². The van der Waals surface area contributed by atoms with Gasteiger partial charge in [-0.05, 0) is 31.9 Å². The van der Waals surface area contributed by atoms with E-state index in [1.165, 1.54) is 0 Å². The van der Waals surface area contributed by atoms with Crippen LogP contribution in [0, 0.1) is 0 Å². The summed E-state index contributed by atoms with van der Waals surface area (Å²) in [4.78, 5) is 0. The van der Waals surface area contributed by atoms with Gasteiger partial charge in [0.05, 0.1) is 24.7 Å². The lowest BCUT2D eigenvalue weighted by atomic mass is 10.1. The molecule has 0 aromatic carbocycles. The van der Waals surface area contributed by atoms with Crippen LogP contribution in [-0.4, -0.2) is 12.6 Å². The van der Waals surface area contributed by atoms with E-state index in [4.69, 9.17) is 14.9 Å². The number of rotatable bonds is 3. The Hall–Kier alpha value is -0.800. The zero-order chi connectivity index (χ0) is 9.10. The second-order valence-corrected chi connectivity index (χ2v) is 3.46. The third-order valence-corrected chi connectivity index (χ3v) is 2.51. The van der Waals surface area contributed by atoms with Gasteiger partial charge in [-0.15, -0.1) is 0 Å². The van der Waals surface area contributed by atoms with Crippen molar-refractivity contribution in [3.63, 3.8) is 0 Å². The number of nitrogens with two attached hydrogens (primary N) is 1. The average molecular weight is 181 g/mol. The molecule has 0 radical (unpaired) electrons. The highest BCUT2D eigenvalue weighted by Crippen LogP contribution is 2.33. The van der Waals surface area contributed by atoms with Crippen molar-refractivity contribution >= 4 is 0 Å². The van der Waals surface area contributed by atoms with Crippen molar-refractivity contribution in [2.24, 2.45) is 5.73 Å². The Balaban J connectivity index is 1.91. The summed E-state index contributed by atoms with van der Waals surface area (Å²) in [6, 6.07) is 1.97. The molecule has 1 aliphatic rings. The third kappa shape index (κ3) is 1.92. The molecule has 0 spiro atoms. The zero-order valence-electron chi connectivity index (χ0n) is 7.61. The van der Waals surface area contributed by atoms with Gasteiger partial charge >= 0.3 is 0 Å². The largest absolute Gasteiger partial charge is 0.472 e. The zero-order valence-corrected chi connectivity index (χ0v) is 7.61. The van der Waals surface area contributed by atoms with E-state index < -0.39 is 0 Å². The quantitative estimate of drug-likeness (QED) is 0.774. The van der Waals surface area contributed by atoms with Gasteiger partial charge in [-0.3, -0.25) is 0 Å². The molecule has 1 aliphatic heterocycles. The van der Waals surface area contributed by atoms with Gasteiger partial charge in [-0.2, -0.15) is 0 Å². The molecule has 2 N–H and O–H groups in total. The Morgan fingerprint density at radius 1 is 1.46 bits per heavy atom. The fourth-order valence-electron chi connectivity index (χ4n) is 1.81. The Kier molecular flexibility index (Phi) is 2.66. The first-order valence-corrected chi connectivity index (χ1v) is 4.78. The van der Waals surface area contributed by atoms with Crippen LogP contribution in [-0.2, 0) is 4.74 Å². The molecule has 0 aliphatic carbocycles. The molecule has 3 nitrogen and oxygen atoms in total. The van der Waals surface area contributed by atoms with E-state index in [9.17, 15) is 0 Å². The van der Waals surface area contributed by atoms with Crippen molar-refractivity contribution < 1.29 is 9.15 Å². The van der Waals surface area contributed by atoms with Gasteiger partial charge in [0, 0.05) is 5.56 Å². The molecule has 0 bridgehead atoms. The predicted octanol–water partition coefficient (Wildman–Crippen LogP) is 1.85. The molecule has 2 unspecified atom stereocenters.